The van der Waals surface area contributed by atoms with Crippen molar-refractivity contribution in [2.75, 3.05) is 7.05 Å². The molecule has 1 aromatic rings. The summed E-state index contributed by atoms with van der Waals surface area (Å²) in [5, 5.41) is 6.00. The first-order valence-electron chi connectivity index (χ1n) is 7.32. The van der Waals surface area contributed by atoms with Gasteiger partial charge in [0.1, 0.15) is 12.9 Å². The molecule has 5 heteroatoms. The van der Waals surface area contributed by atoms with Gasteiger partial charge in [-0.05, 0) is 31.9 Å². The highest BCUT2D eigenvalue weighted by atomic mass is 16.5. The summed E-state index contributed by atoms with van der Waals surface area (Å²) in [7, 11) is 1.90. The molecular formula is C16H22N2O3. The number of hydrogen-bond acceptors (Lipinski definition) is 4. The summed E-state index contributed by atoms with van der Waals surface area (Å²) in [5.74, 6) is -0.152. The Morgan fingerprint density at radius 2 is 2.10 bits per heavy atom. The third kappa shape index (κ3) is 4.56. The first-order chi connectivity index (χ1) is 10.2. The summed E-state index contributed by atoms with van der Waals surface area (Å²) < 4.78 is 5.20. The molecule has 1 aliphatic rings. The van der Waals surface area contributed by atoms with Gasteiger partial charge in [-0.15, -0.1) is 0 Å². The monoisotopic (exact) mass is 290 g/mol. The third-order valence-corrected chi connectivity index (χ3v) is 4.00. The Kier molecular flexibility index (Phi) is 5.75. The van der Waals surface area contributed by atoms with E-state index in [1.54, 1.807) is 0 Å². The zero-order valence-corrected chi connectivity index (χ0v) is 12.2. The summed E-state index contributed by atoms with van der Waals surface area (Å²) >= 11 is 0. The minimum absolute atomic E-state index is 0.129. The first kappa shape index (κ1) is 15.5. The van der Waals surface area contributed by atoms with Gasteiger partial charge in [0.25, 0.3) is 0 Å². The highest BCUT2D eigenvalue weighted by Crippen LogP contribution is 2.23. The zero-order valence-electron chi connectivity index (χ0n) is 12.2. The quantitative estimate of drug-likeness (QED) is 0.812. The Bertz CT molecular complexity index is 464. The lowest BCUT2D eigenvalue weighted by molar-refractivity contribution is -0.112. The van der Waals surface area contributed by atoms with Gasteiger partial charge < -0.3 is 20.2 Å². The molecule has 1 fully saturated rings. The van der Waals surface area contributed by atoms with E-state index in [-0.39, 0.29) is 18.6 Å². The van der Waals surface area contributed by atoms with Crippen LogP contribution in [-0.4, -0.2) is 31.5 Å². The van der Waals surface area contributed by atoms with E-state index in [0.29, 0.717) is 6.04 Å². The predicted octanol–water partition coefficient (Wildman–Crippen LogP) is 1.87. The van der Waals surface area contributed by atoms with Crippen molar-refractivity contribution in [2.24, 2.45) is 5.92 Å². The van der Waals surface area contributed by atoms with Gasteiger partial charge in [-0.1, -0.05) is 30.3 Å². The van der Waals surface area contributed by atoms with Crippen molar-refractivity contribution in [2.45, 2.75) is 38.0 Å². The molecule has 2 rings (SSSR count). The lowest BCUT2D eigenvalue weighted by atomic mass is 9.82. The van der Waals surface area contributed by atoms with Crippen LogP contribution in [0.1, 0.15) is 24.8 Å². The average molecular weight is 290 g/mol. The molecule has 0 aromatic heterocycles. The predicted molar refractivity (Wildman–Crippen MR) is 79.8 cm³/mol. The number of carbonyl (C=O) groups excluding carboxylic acids is 2. The second-order valence-corrected chi connectivity index (χ2v) is 5.41. The van der Waals surface area contributed by atoms with Crippen molar-refractivity contribution in [1.82, 2.24) is 10.6 Å². The number of carbonyl (C=O) groups is 2. The number of alkyl carbamates (subject to hydrolysis) is 1. The second kappa shape index (κ2) is 7.78. The molecule has 1 saturated carbocycles. The fourth-order valence-corrected chi connectivity index (χ4v) is 2.71. The Morgan fingerprint density at radius 3 is 2.76 bits per heavy atom. The van der Waals surface area contributed by atoms with Crippen molar-refractivity contribution in [3.05, 3.63) is 35.9 Å². The Labute approximate surface area is 125 Å². The van der Waals surface area contributed by atoms with Crippen LogP contribution in [0.15, 0.2) is 30.3 Å². The van der Waals surface area contributed by atoms with E-state index in [2.05, 4.69) is 10.6 Å². The molecule has 1 aromatic carbocycles. The number of nitrogens with one attached hydrogen (secondary N) is 2. The summed E-state index contributed by atoms with van der Waals surface area (Å²) in [4.78, 5) is 23.0. The van der Waals surface area contributed by atoms with E-state index in [1.807, 2.05) is 37.4 Å². The van der Waals surface area contributed by atoms with E-state index in [1.165, 1.54) is 0 Å². The van der Waals surface area contributed by atoms with Crippen LogP contribution in [0.3, 0.4) is 0 Å². The molecule has 0 unspecified atom stereocenters. The van der Waals surface area contributed by atoms with Crippen molar-refractivity contribution in [3.63, 3.8) is 0 Å². The van der Waals surface area contributed by atoms with Crippen LogP contribution in [-0.2, 0) is 16.1 Å². The van der Waals surface area contributed by atoms with Crippen LogP contribution in [0, 0.1) is 5.92 Å². The fourth-order valence-electron chi connectivity index (χ4n) is 2.71. The van der Waals surface area contributed by atoms with Gasteiger partial charge in [0, 0.05) is 18.0 Å². The molecule has 0 bridgehead atoms. The third-order valence-electron chi connectivity index (χ3n) is 4.00. The first-order valence-corrected chi connectivity index (χ1v) is 7.32. The minimum Gasteiger partial charge on any atom is -0.445 e. The van der Waals surface area contributed by atoms with Crippen molar-refractivity contribution in [1.29, 1.82) is 0 Å². The highest BCUT2D eigenvalue weighted by Gasteiger charge is 2.30. The van der Waals surface area contributed by atoms with Gasteiger partial charge in [-0.2, -0.15) is 0 Å². The number of aldehydes is 1. The van der Waals surface area contributed by atoms with Crippen LogP contribution in [0.25, 0.3) is 0 Å². The van der Waals surface area contributed by atoms with Crippen molar-refractivity contribution < 1.29 is 14.3 Å². The van der Waals surface area contributed by atoms with Crippen LogP contribution < -0.4 is 10.6 Å². The molecule has 1 amide bonds. The number of benzene rings is 1. The summed E-state index contributed by atoms with van der Waals surface area (Å²) in [6.45, 7) is 0.240. The molecule has 0 saturated heterocycles. The smallest absolute Gasteiger partial charge is 0.407 e. The largest absolute Gasteiger partial charge is 0.445 e. The molecule has 3 atom stereocenters. The van der Waals surface area contributed by atoms with Gasteiger partial charge in [-0.25, -0.2) is 4.79 Å². The Balaban J connectivity index is 1.80. The van der Waals surface area contributed by atoms with E-state index >= 15 is 0 Å². The Hall–Kier alpha value is -1.88. The number of ether oxygens (including phenoxy) is 1. The van der Waals surface area contributed by atoms with E-state index in [4.69, 9.17) is 4.74 Å². The van der Waals surface area contributed by atoms with Gasteiger partial charge in [0.15, 0.2) is 0 Å². The van der Waals surface area contributed by atoms with Gasteiger partial charge in [0.05, 0.1) is 0 Å². The summed E-state index contributed by atoms with van der Waals surface area (Å²) in [6.07, 6.45) is 2.97. The molecule has 0 heterocycles. The lowest BCUT2D eigenvalue weighted by Gasteiger charge is -2.33. The molecule has 114 valence electrons. The minimum atomic E-state index is -0.460. The summed E-state index contributed by atoms with van der Waals surface area (Å²) in [6, 6.07) is 9.74. The van der Waals surface area contributed by atoms with E-state index < -0.39 is 6.09 Å². The number of hydrogen-bond donors (Lipinski definition) is 2. The van der Waals surface area contributed by atoms with Crippen LogP contribution in [0.2, 0.25) is 0 Å². The molecular weight excluding hydrogens is 268 g/mol. The van der Waals surface area contributed by atoms with Gasteiger partial charge in [0.2, 0.25) is 0 Å². The van der Waals surface area contributed by atoms with Gasteiger partial charge in [-0.3, -0.25) is 0 Å². The van der Waals surface area contributed by atoms with Crippen LogP contribution in [0.4, 0.5) is 4.79 Å². The number of amides is 1. The van der Waals surface area contributed by atoms with Gasteiger partial charge >= 0.3 is 6.09 Å². The van der Waals surface area contributed by atoms with Crippen molar-refractivity contribution in [3.8, 4) is 0 Å². The fraction of sp³-hybridized carbons (Fsp3) is 0.500. The molecule has 1 aliphatic carbocycles. The zero-order chi connectivity index (χ0) is 15.1. The standard InChI is InChI=1S/C16H22N2O3/c1-17-14-7-8-15(13(9-14)10-19)18-16(20)21-11-12-5-3-2-4-6-12/h2-6,10,13-15,17H,7-9,11H2,1H3,(H,18,20)/t13-,14+,15-/m0/s1. The van der Waals surface area contributed by atoms with E-state index in [9.17, 15) is 9.59 Å². The highest BCUT2D eigenvalue weighted by molar-refractivity contribution is 5.69. The maximum atomic E-state index is 11.8. The molecule has 0 aliphatic heterocycles. The molecule has 5 nitrogen and oxygen atoms in total. The second-order valence-electron chi connectivity index (χ2n) is 5.41. The van der Waals surface area contributed by atoms with E-state index in [0.717, 1.165) is 31.1 Å². The maximum Gasteiger partial charge on any atom is 0.407 e. The van der Waals surface area contributed by atoms with Crippen molar-refractivity contribution >= 4 is 12.4 Å². The molecule has 0 spiro atoms. The SMILES string of the molecule is CN[C@@H]1CC[C@H](NC(=O)OCc2ccccc2)[C@H](C=O)C1. The summed E-state index contributed by atoms with van der Waals surface area (Å²) in [5.41, 5.74) is 0.943. The average Bonchev–Trinajstić information content (AvgIpc) is 2.54. The lowest BCUT2D eigenvalue weighted by Crippen LogP contribution is -2.47. The molecule has 21 heavy (non-hydrogen) atoms. The van der Waals surface area contributed by atoms with Crippen LogP contribution in [0.5, 0.6) is 0 Å². The number of rotatable bonds is 5. The molecule has 2 N–H and O–H groups in total. The van der Waals surface area contributed by atoms with Crippen LogP contribution >= 0.6 is 0 Å². The Morgan fingerprint density at radius 1 is 1.33 bits per heavy atom. The topological polar surface area (TPSA) is 67.4 Å². The maximum absolute atomic E-state index is 11.8. The molecule has 0 radical (unpaired) electrons. The normalized spacial score (nSPS) is 25.1.